The van der Waals surface area contributed by atoms with Gasteiger partial charge < -0.3 is 0 Å². The van der Waals surface area contributed by atoms with Gasteiger partial charge in [-0.25, -0.2) is 18.3 Å². The summed E-state index contributed by atoms with van der Waals surface area (Å²) in [6.45, 7) is 1.86. The molecule has 2 aromatic heterocycles. The van der Waals surface area contributed by atoms with Crippen LogP contribution in [-0.4, -0.2) is 14.6 Å². The van der Waals surface area contributed by atoms with Gasteiger partial charge in [0.1, 0.15) is 5.69 Å². The zero-order valence-electron chi connectivity index (χ0n) is 14.8. The van der Waals surface area contributed by atoms with E-state index in [1.54, 1.807) is 12.1 Å². The van der Waals surface area contributed by atoms with Crippen molar-refractivity contribution < 1.29 is 8.78 Å². The molecule has 0 aliphatic carbocycles. The second-order valence-electron chi connectivity index (χ2n) is 6.24. The maximum atomic E-state index is 13.7. The van der Waals surface area contributed by atoms with Gasteiger partial charge in [0.2, 0.25) is 0 Å². The monoisotopic (exact) mass is 393 g/mol. The first kappa shape index (κ1) is 18.1. The summed E-state index contributed by atoms with van der Waals surface area (Å²) in [6.07, 6.45) is -1.24. The van der Waals surface area contributed by atoms with E-state index >= 15 is 0 Å². The Bertz CT molecular complexity index is 1220. The van der Waals surface area contributed by atoms with Crippen molar-refractivity contribution in [3.05, 3.63) is 88.2 Å². The highest BCUT2D eigenvalue weighted by Gasteiger charge is 2.18. The fourth-order valence-electron chi connectivity index (χ4n) is 2.84. The molecule has 0 bridgehead atoms. The lowest BCUT2D eigenvalue weighted by atomic mass is 10.1. The van der Waals surface area contributed by atoms with Crippen molar-refractivity contribution in [3.8, 4) is 23.1 Å². The zero-order valence-corrected chi connectivity index (χ0v) is 15.6. The summed E-state index contributed by atoms with van der Waals surface area (Å²) < 4.78 is 28.4. The van der Waals surface area contributed by atoms with Crippen molar-refractivity contribution in [3.63, 3.8) is 0 Å². The van der Waals surface area contributed by atoms with Gasteiger partial charge in [-0.1, -0.05) is 47.7 Å². The fraction of sp³-hybridized carbons (Fsp3) is 0.0909. The first-order valence-corrected chi connectivity index (χ1v) is 8.91. The molecule has 0 amide bonds. The molecular formula is C22H14ClF2N3. The Balaban J connectivity index is 1.89. The van der Waals surface area contributed by atoms with Crippen LogP contribution in [0.2, 0.25) is 5.02 Å². The van der Waals surface area contributed by atoms with Crippen LogP contribution < -0.4 is 0 Å². The molecule has 4 rings (SSSR count). The molecule has 0 fully saturated rings. The first-order valence-electron chi connectivity index (χ1n) is 8.53. The lowest BCUT2D eigenvalue weighted by Crippen LogP contribution is -2.03. The molecule has 2 heterocycles. The van der Waals surface area contributed by atoms with Crippen molar-refractivity contribution >= 4 is 17.2 Å². The van der Waals surface area contributed by atoms with Crippen molar-refractivity contribution in [1.29, 1.82) is 0 Å². The number of aryl methyl sites for hydroxylation is 1. The van der Waals surface area contributed by atoms with E-state index in [1.807, 2.05) is 43.3 Å². The summed E-state index contributed by atoms with van der Waals surface area (Å²) in [5, 5.41) is 4.68. The van der Waals surface area contributed by atoms with E-state index in [0.717, 1.165) is 15.6 Å². The summed E-state index contributed by atoms with van der Waals surface area (Å²) >= 11 is 6.08. The van der Waals surface area contributed by atoms with Crippen LogP contribution in [0, 0.1) is 18.8 Å². The molecule has 0 saturated carbocycles. The third-order valence-corrected chi connectivity index (χ3v) is 4.72. The van der Waals surface area contributed by atoms with Crippen LogP contribution in [0.1, 0.15) is 28.8 Å². The van der Waals surface area contributed by atoms with Gasteiger partial charge >= 0.3 is 0 Å². The average molecular weight is 394 g/mol. The zero-order chi connectivity index (χ0) is 19.7. The number of alkyl halides is 2. The van der Waals surface area contributed by atoms with Crippen LogP contribution in [0.3, 0.4) is 0 Å². The molecule has 0 aliphatic rings. The standard InChI is InChI=1S/C22H14ClF2N3/c1-14-11-16(9-10-18(14)23)19-12-20(21(24)25)28-22(27-19)17(13-26-28)8-7-15-5-3-2-4-6-15/h2-6,9-13,21H,1H3. The van der Waals surface area contributed by atoms with Crippen molar-refractivity contribution in [2.75, 3.05) is 0 Å². The third kappa shape index (κ3) is 3.47. The van der Waals surface area contributed by atoms with Crippen LogP contribution in [0.25, 0.3) is 16.9 Å². The Morgan fingerprint density at radius 3 is 2.54 bits per heavy atom. The van der Waals surface area contributed by atoms with Gasteiger partial charge in [0.15, 0.2) is 5.65 Å². The second kappa shape index (κ2) is 7.41. The van der Waals surface area contributed by atoms with Gasteiger partial charge in [0, 0.05) is 16.1 Å². The van der Waals surface area contributed by atoms with Crippen molar-refractivity contribution in [1.82, 2.24) is 14.6 Å². The minimum absolute atomic E-state index is 0.236. The maximum Gasteiger partial charge on any atom is 0.280 e. The summed E-state index contributed by atoms with van der Waals surface area (Å²) in [4.78, 5) is 4.55. The Morgan fingerprint density at radius 2 is 1.82 bits per heavy atom. The molecular weight excluding hydrogens is 380 g/mol. The van der Waals surface area contributed by atoms with Crippen LogP contribution in [0.15, 0.2) is 60.8 Å². The number of hydrogen-bond donors (Lipinski definition) is 0. The minimum Gasteiger partial charge on any atom is -0.227 e. The van der Waals surface area contributed by atoms with E-state index in [2.05, 4.69) is 21.9 Å². The number of aromatic nitrogens is 3. The first-order chi connectivity index (χ1) is 13.5. The lowest BCUT2D eigenvalue weighted by molar-refractivity contribution is 0.143. The largest absolute Gasteiger partial charge is 0.280 e. The molecule has 3 nitrogen and oxygen atoms in total. The summed E-state index contributed by atoms with van der Waals surface area (Å²) in [6, 6.07) is 16.1. The minimum atomic E-state index is -2.70. The SMILES string of the molecule is Cc1cc(-c2cc(C(F)F)n3ncc(C#Cc4ccccc4)c3n2)ccc1Cl. The Hall–Kier alpha value is -3.23. The van der Waals surface area contributed by atoms with Gasteiger partial charge in [-0.2, -0.15) is 5.10 Å². The van der Waals surface area contributed by atoms with E-state index < -0.39 is 6.43 Å². The molecule has 4 aromatic rings. The average Bonchev–Trinajstić information content (AvgIpc) is 3.11. The quantitative estimate of drug-likeness (QED) is 0.409. The molecule has 0 atom stereocenters. The number of hydrogen-bond acceptors (Lipinski definition) is 2. The molecule has 0 N–H and O–H groups in total. The van der Waals surface area contributed by atoms with E-state index in [0.29, 0.717) is 27.5 Å². The topological polar surface area (TPSA) is 30.2 Å². The molecule has 0 radical (unpaired) electrons. The normalized spacial score (nSPS) is 10.9. The molecule has 2 aromatic carbocycles. The fourth-order valence-corrected chi connectivity index (χ4v) is 2.96. The number of nitrogens with zero attached hydrogens (tertiary/aromatic N) is 3. The van der Waals surface area contributed by atoms with Gasteiger partial charge in [0.25, 0.3) is 6.43 Å². The van der Waals surface area contributed by atoms with Crippen molar-refractivity contribution in [2.45, 2.75) is 13.3 Å². The Labute approximate surface area is 165 Å². The van der Waals surface area contributed by atoms with Gasteiger partial charge in [0.05, 0.1) is 17.5 Å². The lowest BCUT2D eigenvalue weighted by Gasteiger charge is -2.09. The highest BCUT2D eigenvalue weighted by Crippen LogP contribution is 2.28. The molecule has 6 heteroatoms. The van der Waals surface area contributed by atoms with Crippen molar-refractivity contribution in [2.24, 2.45) is 0 Å². The highest BCUT2D eigenvalue weighted by molar-refractivity contribution is 6.31. The number of benzene rings is 2. The number of halogens is 3. The Kier molecular flexibility index (Phi) is 4.81. The van der Waals surface area contributed by atoms with Gasteiger partial charge in [-0.15, -0.1) is 0 Å². The molecule has 0 unspecified atom stereocenters. The van der Waals surface area contributed by atoms with E-state index in [1.165, 1.54) is 12.3 Å². The molecule has 138 valence electrons. The Morgan fingerprint density at radius 1 is 1.04 bits per heavy atom. The number of fused-ring (bicyclic) bond motifs is 1. The molecule has 28 heavy (non-hydrogen) atoms. The maximum absolute atomic E-state index is 13.7. The summed E-state index contributed by atoms with van der Waals surface area (Å²) in [7, 11) is 0. The van der Waals surface area contributed by atoms with Crippen LogP contribution in [-0.2, 0) is 0 Å². The van der Waals surface area contributed by atoms with Crippen LogP contribution in [0.4, 0.5) is 8.78 Å². The smallest absolute Gasteiger partial charge is 0.227 e. The predicted octanol–water partition coefficient (Wildman–Crippen LogP) is 5.70. The highest BCUT2D eigenvalue weighted by atomic mass is 35.5. The number of rotatable bonds is 2. The molecule has 0 aliphatic heterocycles. The van der Waals surface area contributed by atoms with E-state index in [4.69, 9.17) is 11.6 Å². The summed E-state index contributed by atoms with van der Waals surface area (Å²) in [5.74, 6) is 6.00. The second-order valence-corrected chi connectivity index (χ2v) is 6.65. The van der Waals surface area contributed by atoms with Gasteiger partial charge in [-0.3, -0.25) is 0 Å². The van der Waals surface area contributed by atoms with E-state index in [-0.39, 0.29) is 5.69 Å². The molecule has 0 saturated heterocycles. The van der Waals surface area contributed by atoms with Crippen LogP contribution in [0.5, 0.6) is 0 Å². The third-order valence-electron chi connectivity index (χ3n) is 4.29. The summed E-state index contributed by atoms with van der Waals surface area (Å²) in [5.41, 5.74) is 3.33. The van der Waals surface area contributed by atoms with Gasteiger partial charge in [-0.05, 0) is 42.8 Å². The molecule has 0 spiro atoms. The van der Waals surface area contributed by atoms with Crippen LogP contribution >= 0.6 is 11.6 Å². The predicted molar refractivity (Wildman–Crippen MR) is 106 cm³/mol. The van der Waals surface area contributed by atoms with E-state index in [9.17, 15) is 8.78 Å².